The van der Waals surface area contributed by atoms with Gasteiger partial charge in [-0.2, -0.15) is 0 Å². The predicted molar refractivity (Wildman–Crippen MR) is 262 cm³/mol. The van der Waals surface area contributed by atoms with Gasteiger partial charge in [-0.3, -0.25) is 9.13 Å². The number of rotatable bonds is 10. The Labute approximate surface area is 366 Å². The molecule has 6 nitrogen and oxygen atoms in total. The SMILES string of the molecule is C/C=C\c1c(C)nc(C(=C/C(C)c2ncc(C)n2-c2ccc(C(C)(C)C)cc2)/C=C(\C)c2nc3ccccc3n2/C(C)=C/C=C(\C)C(C)(C)C)n1-c1ccc(C(C)(C)C)cc1. The normalized spacial score (nSPS) is 14.5. The quantitative estimate of drug-likeness (QED) is 0.129. The summed E-state index contributed by atoms with van der Waals surface area (Å²) >= 11 is 0. The van der Waals surface area contributed by atoms with E-state index in [0.717, 1.165) is 73.8 Å². The molecule has 0 bridgehead atoms. The summed E-state index contributed by atoms with van der Waals surface area (Å²) in [7, 11) is 0. The summed E-state index contributed by atoms with van der Waals surface area (Å²) in [6.45, 7) is 35.4. The first-order valence-corrected chi connectivity index (χ1v) is 21.8. The molecule has 3 aromatic heterocycles. The topological polar surface area (TPSA) is 53.5 Å². The maximum atomic E-state index is 5.39. The third kappa shape index (κ3) is 9.59. The summed E-state index contributed by atoms with van der Waals surface area (Å²) in [5.41, 5.74) is 14.5. The Bertz CT molecular complexity index is 2680. The Kier molecular flexibility index (Phi) is 12.7. The van der Waals surface area contributed by atoms with Crippen LogP contribution in [0, 0.1) is 19.3 Å². The van der Waals surface area contributed by atoms with E-state index in [2.05, 4.69) is 234 Å². The number of hydrogen-bond donors (Lipinski definition) is 0. The molecule has 6 heteroatoms. The largest absolute Gasteiger partial charge is 0.301 e. The number of hydrogen-bond acceptors (Lipinski definition) is 3. The van der Waals surface area contributed by atoms with Gasteiger partial charge in [0.1, 0.15) is 17.5 Å². The predicted octanol–water partition coefficient (Wildman–Crippen LogP) is 14.8. The van der Waals surface area contributed by atoms with Crippen LogP contribution in [0.1, 0.15) is 149 Å². The zero-order valence-electron chi connectivity index (χ0n) is 39.7. The maximum Gasteiger partial charge on any atom is 0.145 e. The van der Waals surface area contributed by atoms with Gasteiger partial charge in [0, 0.05) is 40.5 Å². The third-order valence-corrected chi connectivity index (χ3v) is 11.9. The van der Waals surface area contributed by atoms with E-state index in [9.17, 15) is 0 Å². The molecule has 3 heterocycles. The Morgan fingerprint density at radius 2 is 1.26 bits per heavy atom. The van der Waals surface area contributed by atoms with Crippen molar-refractivity contribution in [3.05, 3.63) is 161 Å². The number of allylic oxidation sites excluding steroid dienone is 9. The first-order chi connectivity index (χ1) is 28.6. The van der Waals surface area contributed by atoms with Crippen molar-refractivity contribution >= 4 is 34.0 Å². The fourth-order valence-electron chi connectivity index (χ4n) is 7.73. The highest BCUT2D eigenvalue weighted by Crippen LogP contribution is 2.35. The summed E-state index contributed by atoms with van der Waals surface area (Å²) in [5.74, 6) is 2.64. The molecule has 6 rings (SSSR count). The Hall–Kier alpha value is -5.75. The van der Waals surface area contributed by atoms with Crippen LogP contribution >= 0.6 is 0 Å². The van der Waals surface area contributed by atoms with Crippen LogP contribution in [-0.2, 0) is 10.8 Å². The smallest absolute Gasteiger partial charge is 0.145 e. The molecule has 1 atom stereocenters. The monoisotopic (exact) mass is 813 g/mol. The molecule has 0 amide bonds. The zero-order valence-corrected chi connectivity index (χ0v) is 39.7. The lowest BCUT2D eigenvalue weighted by Crippen LogP contribution is -2.12. The maximum absolute atomic E-state index is 5.39. The van der Waals surface area contributed by atoms with Crippen molar-refractivity contribution in [2.24, 2.45) is 5.41 Å². The minimum atomic E-state index is -0.0834. The lowest BCUT2D eigenvalue weighted by molar-refractivity contribution is 0.504. The molecule has 0 aliphatic rings. The van der Waals surface area contributed by atoms with E-state index in [0.29, 0.717) is 0 Å². The molecule has 0 aliphatic heterocycles. The summed E-state index contributed by atoms with van der Waals surface area (Å²) in [6.07, 6.45) is 15.3. The van der Waals surface area contributed by atoms with E-state index < -0.39 is 0 Å². The fourth-order valence-corrected chi connectivity index (χ4v) is 7.73. The number of aromatic nitrogens is 6. The highest BCUT2D eigenvalue weighted by atomic mass is 15.1. The van der Waals surface area contributed by atoms with Crippen LogP contribution in [0.3, 0.4) is 0 Å². The van der Waals surface area contributed by atoms with E-state index in [1.807, 2.05) is 6.20 Å². The Balaban J connectivity index is 1.60. The number of nitrogens with zero attached hydrogens (tertiary/aromatic N) is 6. The molecule has 61 heavy (non-hydrogen) atoms. The van der Waals surface area contributed by atoms with Crippen LogP contribution in [-0.4, -0.2) is 28.7 Å². The highest BCUT2D eigenvalue weighted by Gasteiger charge is 2.23. The second kappa shape index (κ2) is 17.3. The average molecular weight is 813 g/mol. The number of para-hydroxylation sites is 2. The van der Waals surface area contributed by atoms with Gasteiger partial charge in [-0.15, -0.1) is 0 Å². The lowest BCUT2D eigenvalue weighted by atomic mass is 9.87. The van der Waals surface area contributed by atoms with Gasteiger partial charge in [0.25, 0.3) is 0 Å². The van der Waals surface area contributed by atoms with Crippen LogP contribution in [0.15, 0.2) is 115 Å². The van der Waals surface area contributed by atoms with Crippen molar-refractivity contribution < 1.29 is 0 Å². The molecule has 6 aromatic rings. The number of imidazole rings is 3. The summed E-state index contributed by atoms with van der Waals surface area (Å²) in [4.78, 5) is 15.7. The number of fused-ring (bicyclic) bond motifs is 1. The molecule has 1 unspecified atom stereocenters. The van der Waals surface area contributed by atoms with Crippen LogP contribution in [0.25, 0.3) is 45.3 Å². The molecule has 0 radical (unpaired) electrons. The van der Waals surface area contributed by atoms with Crippen LogP contribution < -0.4 is 0 Å². The van der Waals surface area contributed by atoms with Gasteiger partial charge in [-0.1, -0.05) is 129 Å². The van der Waals surface area contributed by atoms with Gasteiger partial charge in [0.15, 0.2) is 0 Å². The van der Waals surface area contributed by atoms with Crippen molar-refractivity contribution in [3.63, 3.8) is 0 Å². The van der Waals surface area contributed by atoms with E-state index in [-0.39, 0.29) is 22.2 Å². The van der Waals surface area contributed by atoms with Gasteiger partial charge in [-0.25, -0.2) is 15.0 Å². The molecule has 3 aromatic carbocycles. The van der Waals surface area contributed by atoms with Gasteiger partial charge >= 0.3 is 0 Å². The summed E-state index contributed by atoms with van der Waals surface area (Å²) in [5, 5.41) is 0. The third-order valence-electron chi connectivity index (χ3n) is 11.9. The van der Waals surface area contributed by atoms with Gasteiger partial charge in [0.05, 0.1) is 22.4 Å². The van der Waals surface area contributed by atoms with Gasteiger partial charge < -0.3 is 4.57 Å². The van der Waals surface area contributed by atoms with E-state index in [1.54, 1.807) is 0 Å². The van der Waals surface area contributed by atoms with E-state index in [4.69, 9.17) is 15.0 Å². The Morgan fingerprint density at radius 1 is 0.689 bits per heavy atom. The number of benzene rings is 3. The van der Waals surface area contributed by atoms with Gasteiger partial charge in [0.2, 0.25) is 0 Å². The molecule has 0 spiro atoms. The summed E-state index contributed by atoms with van der Waals surface area (Å²) < 4.78 is 6.89. The van der Waals surface area contributed by atoms with Crippen molar-refractivity contribution in [1.29, 1.82) is 0 Å². The van der Waals surface area contributed by atoms with Crippen molar-refractivity contribution in [2.75, 3.05) is 0 Å². The Morgan fingerprint density at radius 3 is 1.82 bits per heavy atom. The first-order valence-electron chi connectivity index (χ1n) is 21.8. The molecule has 0 fully saturated rings. The van der Waals surface area contributed by atoms with E-state index >= 15 is 0 Å². The van der Waals surface area contributed by atoms with Crippen molar-refractivity contribution in [2.45, 2.75) is 128 Å². The zero-order chi connectivity index (χ0) is 44.6. The average Bonchev–Trinajstić information content (AvgIpc) is 3.88. The van der Waals surface area contributed by atoms with E-state index in [1.165, 1.54) is 16.7 Å². The van der Waals surface area contributed by atoms with Crippen molar-refractivity contribution in [3.8, 4) is 11.4 Å². The molecule has 0 saturated carbocycles. The minimum absolute atomic E-state index is 0.0328. The van der Waals surface area contributed by atoms with Gasteiger partial charge in [-0.05, 0) is 129 Å². The lowest BCUT2D eigenvalue weighted by Gasteiger charge is -2.21. The summed E-state index contributed by atoms with van der Waals surface area (Å²) in [6, 6.07) is 26.3. The second-order valence-corrected chi connectivity index (χ2v) is 19.8. The standard InChI is InChI=1S/C55H68N6/c1-17-20-48-41(7)57-52(61(48)46-31-27-44(28-32-46)55(14,15)16)42(33-36(2)50-56-35-40(6)59(50)45-29-25-43(26-30-45)54(11,12)13)34-37(3)51-58-47-21-18-19-22-49(47)60(51)39(5)24-23-38(4)53(8,9)10/h17-36H,1-16H3/b20-17-,37-34+,38-23+,39-24+,42-33+. The molecular weight excluding hydrogens is 745 g/mol. The molecular formula is C55H68N6. The molecule has 0 saturated heterocycles. The highest BCUT2D eigenvalue weighted by molar-refractivity contribution is 5.87. The fraction of sp³-hybridized carbons (Fsp3) is 0.364. The molecule has 0 aliphatic carbocycles. The minimum Gasteiger partial charge on any atom is -0.301 e. The van der Waals surface area contributed by atoms with Crippen LogP contribution in [0.5, 0.6) is 0 Å². The van der Waals surface area contributed by atoms with Crippen molar-refractivity contribution in [1.82, 2.24) is 28.7 Å². The molecule has 0 N–H and O–H groups in total. The van der Waals surface area contributed by atoms with Crippen LogP contribution in [0.2, 0.25) is 0 Å². The number of aryl methyl sites for hydroxylation is 2. The molecule has 318 valence electrons. The van der Waals surface area contributed by atoms with Crippen LogP contribution in [0.4, 0.5) is 0 Å². The second-order valence-electron chi connectivity index (χ2n) is 19.8. The first kappa shape index (κ1) is 44.8.